The molecule has 0 heterocycles. The fourth-order valence-corrected chi connectivity index (χ4v) is 1.62. The molecule has 0 aromatic heterocycles. The van der Waals surface area contributed by atoms with Crippen LogP contribution in [-0.2, 0) is 0 Å². The number of benzene rings is 1. The zero-order valence-corrected chi connectivity index (χ0v) is 10.3. The molecule has 0 unspecified atom stereocenters. The first-order valence-electron chi connectivity index (χ1n) is 5.32. The molecule has 0 atom stereocenters. The van der Waals surface area contributed by atoms with Crippen LogP contribution in [0.15, 0.2) is 28.7 Å². The quantitative estimate of drug-likeness (QED) is 0.742. The molecule has 1 aromatic carbocycles. The van der Waals surface area contributed by atoms with E-state index in [0.29, 0.717) is 0 Å². The number of hydrogen-bond donors (Lipinski definition) is 1. The molecule has 2 heteroatoms. The van der Waals surface area contributed by atoms with Gasteiger partial charge in [-0.1, -0.05) is 42.1 Å². The lowest BCUT2D eigenvalue weighted by Crippen LogP contribution is -2.00. The summed E-state index contributed by atoms with van der Waals surface area (Å²) in [5, 5.41) is 3.41. The minimum absolute atomic E-state index is 1.08. The highest BCUT2D eigenvalue weighted by atomic mass is 79.9. The van der Waals surface area contributed by atoms with Crippen LogP contribution in [0.4, 0.5) is 5.69 Å². The van der Waals surface area contributed by atoms with Crippen molar-refractivity contribution in [3.63, 3.8) is 0 Å². The van der Waals surface area contributed by atoms with Gasteiger partial charge in [-0.25, -0.2) is 0 Å². The van der Waals surface area contributed by atoms with Gasteiger partial charge in [-0.05, 0) is 30.7 Å². The maximum Gasteiger partial charge on any atom is 0.0340 e. The van der Waals surface area contributed by atoms with E-state index in [0.717, 1.165) is 11.0 Å². The third kappa shape index (κ3) is 4.66. The molecule has 0 amide bonds. The van der Waals surface area contributed by atoms with E-state index >= 15 is 0 Å². The molecular formula is C12H18BrN. The fourth-order valence-electron chi connectivity index (χ4n) is 1.35. The molecule has 0 saturated carbocycles. The molecule has 1 nitrogen and oxygen atoms in total. The monoisotopic (exact) mass is 255 g/mol. The summed E-state index contributed by atoms with van der Waals surface area (Å²) in [5.41, 5.74) is 1.21. The van der Waals surface area contributed by atoms with Gasteiger partial charge in [0.15, 0.2) is 0 Å². The molecule has 0 aliphatic heterocycles. The van der Waals surface area contributed by atoms with Crippen LogP contribution in [0.3, 0.4) is 0 Å². The highest BCUT2D eigenvalue weighted by molar-refractivity contribution is 9.10. The lowest BCUT2D eigenvalue weighted by Gasteiger charge is -2.05. The van der Waals surface area contributed by atoms with Crippen molar-refractivity contribution in [2.75, 3.05) is 11.9 Å². The van der Waals surface area contributed by atoms with Gasteiger partial charge in [0.2, 0.25) is 0 Å². The number of halogens is 1. The molecule has 78 valence electrons. The molecule has 0 aliphatic carbocycles. The Kier molecular flexibility index (Phi) is 5.69. The zero-order chi connectivity index (χ0) is 10.2. The molecule has 0 saturated heterocycles. The average Bonchev–Trinajstić information content (AvgIpc) is 2.21. The summed E-state index contributed by atoms with van der Waals surface area (Å²) in [6, 6.07) is 8.33. The maximum atomic E-state index is 3.42. The lowest BCUT2D eigenvalue weighted by molar-refractivity contribution is 0.685. The second kappa shape index (κ2) is 6.88. The average molecular weight is 256 g/mol. The zero-order valence-electron chi connectivity index (χ0n) is 8.72. The standard InChI is InChI=1S/C12H18BrN/c1-2-3-4-5-10-14-12-8-6-11(13)7-9-12/h6-9,14H,2-5,10H2,1H3. The van der Waals surface area contributed by atoms with E-state index in [1.165, 1.54) is 31.4 Å². The van der Waals surface area contributed by atoms with Crippen LogP contribution in [-0.4, -0.2) is 6.54 Å². The Labute approximate surface area is 95.0 Å². The minimum Gasteiger partial charge on any atom is -0.385 e. The van der Waals surface area contributed by atoms with E-state index in [-0.39, 0.29) is 0 Å². The molecule has 0 aliphatic rings. The molecule has 0 radical (unpaired) electrons. The van der Waals surface area contributed by atoms with Crippen LogP contribution in [0.1, 0.15) is 32.6 Å². The van der Waals surface area contributed by atoms with Crippen LogP contribution < -0.4 is 5.32 Å². The van der Waals surface area contributed by atoms with Gasteiger partial charge < -0.3 is 5.32 Å². The molecule has 0 fully saturated rings. The molecule has 0 spiro atoms. The number of hydrogen-bond acceptors (Lipinski definition) is 1. The minimum atomic E-state index is 1.08. The maximum absolute atomic E-state index is 3.42. The first kappa shape index (κ1) is 11.6. The highest BCUT2D eigenvalue weighted by Crippen LogP contribution is 2.14. The Hall–Kier alpha value is -0.500. The second-order valence-electron chi connectivity index (χ2n) is 3.49. The van der Waals surface area contributed by atoms with Gasteiger partial charge >= 0.3 is 0 Å². The third-order valence-corrected chi connectivity index (χ3v) is 2.73. The second-order valence-corrected chi connectivity index (χ2v) is 4.41. The van der Waals surface area contributed by atoms with E-state index in [1.807, 2.05) is 0 Å². The Morgan fingerprint density at radius 1 is 1.07 bits per heavy atom. The van der Waals surface area contributed by atoms with Crippen molar-refractivity contribution in [3.8, 4) is 0 Å². The number of unbranched alkanes of at least 4 members (excludes halogenated alkanes) is 3. The smallest absolute Gasteiger partial charge is 0.0340 e. The van der Waals surface area contributed by atoms with E-state index in [9.17, 15) is 0 Å². The van der Waals surface area contributed by atoms with Gasteiger partial charge in [0.1, 0.15) is 0 Å². The topological polar surface area (TPSA) is 12.0 Å². The summed E-state index contributed by atoms with van der Waals surface area (Å²) in [6.45, 7) is 3.32. The normalized spacial score (nSPS) is 10.1. The Morgan fingerprint density at radius 2 is 1.79 bits per heavy atom. The summed E-state index contributed by atoms with van der Waals surface area (Å²) in [7, 11) is 0. The predicted molar refractivity (Wildman–Crippen MR) is 66.8 cm³/mol. The molecule has 0 bridgehead atoms. The van der Waals surface area contributed by atoms with Crippen LogP contribution in [0, 0.1) is 0 Å². The molecule has 1 N–H and O–H groups in total. The summed E-state index contributed by atoms with van der Waals surface area (Å²) in [6.07, 6.45) is 5.25. The van der Waals surface area contributed by atoms with Crippen LogP contribution >= 0.6 is 15.9 Å². The van der Waals surface area contributed by atoms with Crippen molar-refractivity contribution < 1.29 is 0 Å². The number of anilines is 1. The van der Waals surface area contributed by atoms with E-state index < -0.39 is 0 Å². The van der Waals surface area contributed by atoms with Crippen molar-refractivity contribution in [1.29, 1.82) is 0 Å². The molecular weight excluding hydrogens is 238 g/mol. The third-order valence-electron chi connectivity index (χ3n) is 2.20. The lowest BCUT2D eigenvalue weighted by atomic mass is 10.2. The van der Waals surface area contributed by atoms with E-state index in [1.54, 1.807) is 0 Å². The summed E-state index contributed by atoms with van der Waals surface area (Å²) in [4.78, 5) is 0. The molecule has 14 heavy (non-hydrogen) atoms. The van der Waals surface area contributed by atoms with Crippen molar-refractivity contribution in [2.24, 2.45) is 0 Å². The highest BCUT2D eigenvalue weighted by Gasteiger charge is 1.91. The van der Waals surface area contributed by atoms with Gasteiger partial charge in [-0.3, -0.25) is 0 Å². The SMILES string of the molecule is CCCCCCNc1ccc(Br)cc1. The molecule has 1 rings (SSSR count). The Balaban J connectivity index is 2.15. The van der Waals surface area contributed by atoms with E-state index in [2.05, 4.69) is 52.4 Å². The van der Waals surface area contributed by atoms with Crippen LogP contribution in [0.2, 0.25) is 0 Å². The van der Waals surface area contributed by atoms with Gasteiger partial charge in [0, 0.05) is 16.7 Å². The molecule has 1 aromatic rings. The van der Waals surface area contributed by atoms with Crippen molar-refractivity contribution in [3.05, 3.63) is 28.7 Å². The van der Waals surface area contributed by atoms with Crippen molar-refractivity contribution >= 4 is 21.6 Å². The number of nitrogens with one attached hydrogen (secondary N) is 1. The van der Waals surface area contributed by atoms with Gasteiger partial charge in [0.25, 0.3) is 0 Å². The fraction of sp³-hybridized carbons (Fsp3) is 0.500. The number of rotatable bonds is 6. The summed E-state index contributed by atoms with van der Waals surface area (Å²) >= 11 is 3.42. The first-order chi connectivity index (χ1) is 6.83. The Morgan fingerprint density at radius 3 is 2.43 bits per heavy atom. The predicted octanol–water partition coefficient (Wildman–Crippen LogP) is 4.44. The Bertz CT molecular complexity index is 243. The van der Waals surface area contributed by atoms with Crippen LogP contribution in [0.5, 0.6) is 0 Å². The first-order valence-corrected chi connectivity index (χ1v) is 6.11. The van der Waals surface area contributed by atoms with Crippen LogP contribution in [0.25, 0.3) is 0 Å². The largest absolute Gasteiger partial charge is 0.385 e. The summed E-state index contributed by atoms with van der Waals surface area (Å²) in [5.74, 6) is 0. The van der Waals surface area contributed by atoms with Gasteiger partial charge in [0.05, 0.1) is 0 Å². The van der Waals surface area contributed by atoms with E-state index in [4.69, 9.17) is 0 Å². The van der Waals surface area contributed by atoms with Gasteiger partial charge in [-0.2, -0.15) is 0 Å². The summed E-state index contributed by atoms with van der Waals surface area (Å²) < 4.78 is 1.13. The van der Waals surface area contributed by atoms with Crippen molar-refractivity contribution in [1.82, 2.24) is 0 Å². The van der Waals surface area contributed by atoms with Crippen molar-refractivity contribution in [2.45, 2.75) is 32.6 Å². The van der Waals surface area contributed by atoms with Gasteiger partial charge in [-0.15, -0.1) is 0 Å².